The van der Waals surface area contributed by atoms with E-state index in [-0.39, 0.29) is 27.7 Å². The first-order valence-electron chi connectivity index (χ1n) is 9.80. The number of pyridine rings is 1. The van der Waals surface area contributed by atoms with E-state index in [1.165, 1.54) is 43.5 Å². The molecule has 0 radical (unpaired) electrons. The molecular weight excluding hydrogens is 487 g/mol. The maximum atomic E-state index is 13.0. The lowest BCUT2D eigenvalue weighted by Gasteiger charge is -2.36. The minimum atomic E-state index is -1.41. The Kier molecular flexibility index (Phi) is 6.28. The maximum absolute atomic E-state index is 13.0. The summed E-state index contributed by atoms with van der Waals surface area (Å²) in [5, 5.41) is 12.4. The van der Waals surface area contributed by atoms with Gasteiger partial charge in [-0.15, -0.1) is 11.3 Å². The molecule has 0 aliphatic carbocycles. The molecule has 0 spiro atoms. The molecule has 0 bridgehead atoms. The molecule has 0 saturated carbocycles. The van der Waals surface area contributed by atoms with Gasteiger partial charge in [0, 0.05) is 21.7 Å². The number of hydrogen-bond donors (Lipinski definition) is 1. The Labute approximate surface area is 203 Å². The predicted molar refractivity (Wildman–Crippen MR) is 125 cm³/mol. The molecule has 2 aromatic heterocycles. The summed E-state index contributed by atoms with van der Waals surface area (Å²) in [6.07, 6.45) is -0.162. The molecule has 0 fully saturated rings. The van der Waals surface area contributed by atoms with Crippen molar-refractivity contribution < 1.29 is 24.2 Å². The topological polar surface area (TPSA) is 98.6 Å². The third-order valence-electron chi connectivity index (χ3n) is 5.00. The number of aliphatic hydroxyl groups excluding tert-OH is 1. The van der Waals surface area contributed by atoms with Gasteiger partial charge >= 0.3 is 11.9 Å². The molecule has 1 aliphatic rings. The first kappa shape index (κ1) is 23.4. The van der Waals surface area contributed by atoms with E-state index in [0.717, 1.165) is 5.56 Å². The van der Waals surface area contributed by atoms with Crippen molar-refractivity contribution in [3.63, 3.8) is 0 Å². The Bertz CT molecular complexity index is 1270. The van der Waals surface area contributed by atoms with E-state index in [2.05, 4.69) is 9.97 Å². The number of carbonyl (C=O) groups excluding carboxylic acids is 2. The number of aromatic nitrogens is 2. The maximum Gasteiger partial charge on any atom is 0.344 e. The quantitative estimate of drug-likeness (QED) is 0.390. The minimum absolute atomic E-state index is 0.104. The Morgan fingerprint density at radius 1 is 1.18 bits per heavy atom. The molecule has 1 unspecified atom stereocenters. The zero-order chi connectivity index (χ0) is 23.9. The van der Waals surface area contributed by atoms with Gasteiger partial charge in [-0.25, -0.2) is 19.6 Å². The number of carbonyl (C=O) groups is 2. The SMILES string of the molecule is Cc1sc(-c2ccc(Cl)cc2)nc1C1=C(OC(=O)c2ccc(Cl)nc2)C(O)C(C)(C)OC1=O. The van der Waals surface area contributed by atoms with Gasteiger partial charge in [0.15, 0.2) is 11.9 Å². The molecule has 10 heteroatoms. The van der Waals surface area contributed by atoms with E-state index in [1.54, 1.807) is 19.1 Å². The van der Waals surface area contributed by atoms with Crippen LogP contribution in [0.4, 0.5) is 0 Å². The molecule has 3 aromatic rings. The molecular formula is C23H18Cl2N2O5S. The minimum Gasteiger partial charge on any atom is -0.453 e. The third kappa shape index (κ3) is 4.65. The number of aliphatic hydroxyl groups is 1. The number of aryl methyl sites for hydroxylation is 1. The average molecular weight is 505 g/mol. The van der Waals surface area contributed by atoms with Crippen LogP contribution in [0.3, 0.4) is 0 Å². The van der Waals surface area contributed by atoms with Crippen LogP contribution in [0.5, 0.6) is 0 Å². The number of halogens is 2. The molecule has 1 aliphatic heterocycles. The van der Waals surface area contributed by atoms with Gasteiger partial charge in [-0.2, -0.15) is 0 Å². The molecule has 4 rings (SSSR count). The van der Waals surface area contributed by atoms with Crippen LogP contribution in [0.25, 0.3) is 16.1 Å². The normalized spacial score (nSPS) is 17.6. The first-order valence-corrected chi connectivity index (χ1v) is 11.4. The van der Waals surface area contributed by atoms with Crippen molar-refractivity contribution in [3.05, 3.63) is 74.7 Å². The van der Waals surface area contributed by atoms with Crippen molar-refractivity contribution in [1.82, 2.24) is 9.97 Å². The van der Waals surface area contributed by atoms with E-state index >= 15 is 0 Å². The highest BCUT2D eigenvalue weighted by atomic mass is 35.5. The molecule has 1 atom stereocenters. The number of esters is 2. The van der Waals surface area contributed by atoms with Crippen molar-refractivity contribution in [2.75, 3.05) is 0 Å². The van der Waals surface area contributed by atoms with E-state index in [1.807, 2.05) is 12.1 Å². The fraction of sp³-hybridized carbons (Fsp3) is 0.217. The van der Waals surface area contributed by atoms with E-state index in [9.17, 15) is 14.7 Å². The highest BCUT2D eigenvalue weighted by molar-refractivity contribution is 7.15. The summed E-state index contributed by atoms with van der Waals surface area (Å²) in [4.78, 5) is 34.9. The van der Waals surface area contributed by atoms with E-state index in [4.69, 9.17) is 32.7 Å². The van der Waals surface area contributed by atoms with E-state index < -0.39 is 23.6 Å². The molecule has 3 heterocycles. The summed E-state index contributed by atoms with van der Waals surface area (Å²) in [6, 6.07) is 9.96. The monoisotopic (exact) mass is 504 g/mol. The van der Waals surface area contributed by atoms with Gasteiger partial charge in [-0.1, -0.05) is 35.3 Å². The first-order chi connectivity index (χ1) is 15.6. The Hall–Kier alpha value is -2.78. The van der Waals surface area contributed by atoms with Crippen LogP contribution in [-0.2, 0) is 14.3 Å². The molecule has 33 heavy (non-hydrogen) atoms. The van der Waals surface area contributed by atoms with Gasteiger partial charge < -0.3 is 14.6 Å². The van der Waals surface area contributed by atoms with Crippen LogP contribution in [0, 0.1) is 6.92 Å². The van der Waals surface area contributed by atoms with Gasteiger partial charge in [-0.05, 0) is 45.0 Å². The molecule has 1 aromatic carbocycles. The van der Waals surface area contributed by atoms with E-state index in [0.29, 0.717) is 14.9 Å². The predicted octanol–water partition coefficient (Wildman–Crippen LogP) is 5.08. The summed E-state index contributed by atoms with van der Waals surface area (Å²) in [5.74, 6) is -1.78. The van der Waals surface area contributed by atoms with Crippen LogP contribution in [-0.4, -0.2) is 38.7 Å². The Morgan fingerprint density at radius 2 is 1.88 bits per heavy atom. The third-order valence-corrected chi connectivity index (χ3v) is 6.50. The summed E-state index contributed by atoms with van der Waals surface area (Å²) in [6.45, 7) is 4.83. The van der Waals surface area contributed by atoms with Crippen LogP contribution in [0.15, 0.2) is 48.4 Å². The van der Waals surface area contributed by atoms with Crippen LogP contribution < -0.4 is 0 Å². The van der Waals surface area contributed by atoms with Crippen molar-refractivity contribution in [2.24, 2.45) is 0 Å². The second kappa shape index (κ2) is 8.87. The second-order valence-electron chi connectivity index (χ2n) is 7.82. The summed E-state index contributed by atoms with van der Waals surface area (Å²) < 4.78 is 11.0. The van der Waals surface area contributed by atoms with Gasteiger partial charge in [-0.3, -0.25) is 0 Å². The highest BCUT2D eigenvalue weighted by Gasteiger charge is 2.46. The van der Waals surface area contributed by atoms with Crippen LogP contribution in [0.2, 0.25) is 10.2 Å². The van der Waals surface area contributed by atoms with Gasteiger partial charge in [0.25, 0.3) is 0 Å². The number of cyclic esters (lactones) is 1. The average Bonchev–Trinajstić information content (AvgIpc) is 3.13. The number of nitrogens with zero attached hydrogens (tertiary/aromatic N) is 2. The standard InChI is InChI=1S/C23H18Cl2N2O5S/c1-11-17(27-20(33-11)12-4-7-14(24)8-5-12)16-18(19(28)23(2,3)32-22(16)30)31-21(29)13-6-9-15(25)26-10-13/h4-10,19,28H,1-3H3. The smallest absolute Gasteiger partial charge is 0.344 e. The van der Waals surface area contributed by atoms with Crippen molar-refractivity contribution in [1.29, 1.82) is 0 Å². The van der Waals surface area contributed by atoms with Crippen molar-refractivity contribution in [3.8, 4) is 10.6 Å². The fourth-order valence-electron chi connectivity index (χ4n) is 3.22. The summed E-state index contributed by atoms with van der Waals surface area (Å²) in [5.41, 5.74) is -0.257. The largest absolute Gasteiger partial charge is 0.453 e. The van der Waals surface area contributed by atoms with Gasteiger partial charge in [0.05, 0.1) is 11.3 Å². The van der Waals surface area contributed by atoms with Gasteiger partial charge in [0.2, 0.25) is 0 Å². The lowest BCUT2D eigenvalue weighted by atomic mass is 9.92. The lowest BCUT2D eigenvalue weighted by molar-refractivity contribution is -0.163. The molecule has 1 N–H and O–H groups in total. The molecule has 0 saturated heterocycles. The molecule has 170 valence electrons. The number of ether oxygens (including phenoxy) is 2. The van der Waals surface area contributed by atoms with Crippen LogP contribution >= 0.6 is 34.5 Å². The number of thiazole rings is 1. The molecule has 7 nitrogen and oxygen atoms in total. The number of hydrogen-bond acceptors (Lipinski definition) is 8. The Balaban J connectivity index is 1.81. The van der Waals surface area contributed by atoms with Crippen LogP contribution in [0.1, 0.15) is 34.8 Å². The van der Waals surface area contributed by atoms with Crippen molar-refractivity contribution >= 4 is 52.1 Å². The van der Waals surface area contributed by atoms with Gasteiger partial charge in [0.1, 0.15) is 21.3 Å². The zero-order valence-corrected chi connectivity index (χ0v) is 20.1. The lowest BCUT2D eigenvalue weighted by Crippen LogP contribution is -2.47. The van der Waals surface area contributed by atoms with Crippen molar-refractivity contribution in [2.45, 2.75) is 32.5 Å². The summed E-state index contributed by atoms with van der Waals surface area (Å²) >= 11 is 13.1. The number of benzene rings is 1. The second-order valence-corrected chi connectivity index (χ2v) is 9.85. The highest BCUT2D eigenvalue weighted by Crippen LogP contribution is 2.39. The summed E-state index contributed by atoms with van der Waals surface area (Å²) in [7, 11) is 0. The zero-order valence-electron chi connectivity index (χ0n) is 17.8. The Morgan fingerprint density at radius 3 is 2.52 bits per heavy atom. The molecule has 0 amide bonds. The fourth-order valence-corrected chi connectivity index (χ4v) is 4.38. The number of rotatable bonds is 4.